The second-order valence-electron chi connectivity index (χ2n) is 18.4. The van der Waals surface area contributed by atoms with Crippen LogP contribution in [0, 0.1) is 0 Å². The van der Waals surface area contributed by atoms with E-state index < -0.39 is 30.0 Å². The van der Waals surface area contributed by atoms with Gasteiger partial charge in [-0.3, -0.25) is 34.4 Å². The minimum atomic E-state index is -0.898. The molecule has 0 aliphatic carbocycles. The summed E-state index contributed by atoms with van der Waals surface area (Å²) < 4.78 is 0. The second-order valence-corrected chi connectivity index (χ2v) is 18.4. The number of carbonyl (C=O) groups is 4. The summed E-state index contributed by atoms with van der Waals surface area (Å²) in [5.41, 5.74) is 14.7. The number of pyridine rings is 2. The molecule has 1 aliphatic rings. The van der Waals surface area contributed by atoms with Crippen LogP contribution in [0.15, 0.2) is 109 Å². The van der Waals surface area contributed by atoms with Crippen LogP contribution in [0.4, 0.5) is 0 Å². The summed E-state index contributed by atoms with van der Waals surface area (Å²) in [6, 6.07) is 31.9. The molecule has 3 heterocycles. The molecule has 0 saturated carbocycles. The molecule has 1 aliphatic heterocycles. The summed E-state index contributed by atoms with van der Waals surface area (Å²) in [6.07, 6.45) is 16.4. The normalized spacial score (nSPS) is 12.8. The molecule has 8 N–H and O–H groups in total. The smallest absolute Gasteiger partial charge is 0.307 e. The van der Waals surface area contributed by atoms with Crippen LogP contribution in [-0.4, -0.2) is 101 Å². The van der Waals surface area contributed by atoms with Crippen LogP contribution < -0.4 is 5.73 Å². The number of fused-ring (bicyclic) bond motifs is 2. The molecule has 6 aromatic rings. The Bertz CT molecular complexity index is 2640. The van der Waals surface area contributed by atoms with Crippen molar-refractivity contribution >= 4 is 45.4 Å². The topological polar surface area (TPSA) is 245 Å². The highest BCUT2D eigenvalue weighted by molar-refractivity contribution is 6.00. The standard InChI is InChI=1S/C28H35NO3.C21H21NO4.C6H15N.C4H5NO3/c1-2-3-4-5-6-12-24(31)18-23-19-29-27-14-8-7-13-26(27)28(23)22-11-9-10-21(17-22)15-16-25(32)20-30;23-13-17(24)9-8-14-4-3-5-15(10-14)21-16(11-20(25)26)12-22-19-7-2-1-6-18(19)21;1-2-3-4-5-6-7;6-3-1-2-4(7)5(3)8/h7-11,13-14,17,19,25,30,32H,2-6,12,15-16,18,20H2,1H3;1-7,10,12,17,23-24H,8-9,11,13H2,(H,25,26);2-7H2,1H3;8H,1-2H2. The highest BCUT2D eigenvalue weighted by Gasteiger charge is 2.27. The zero-order valence-corrected chi connectivity index (χ0v) is 42.6. The molecule has 2 atom stereocenters. The van der Waals surface area contributed by atoms with Crippen molar-refractivity contribution in [2.24, 2.45) is 5.73 Å². The Hall–Kier alpha value is -6.26. The predicted molar refractivity (Wildman–Crippen MR) is 287 cm³/mol. The largest absolute Gasteiger partial charge is 0.481 e. The maximum atomic E-state index is 12.8. The fraction of sp³-hybridized carbons (Fsp3) is 0.424. The number of hydroxylamine groups is 2. The number of carboxylic acid groups (broad SMARTS) is 1. The van der Waals surface area contributed by atoms with Crippen LogP contribution in [0.3, 0.4) is 0 Å². The Kier molecular flexibility index (Phi) is 26.6. The highest BCUT2D eigenvalue weighted by Crippen LogP contribution is 2.34. The zero-order chi connectivity index (χ0) is 53.0. The number of rotatable bonds is 24. The molecule has 392 valence electrons. The quantitative estimate of drug-likeness (QED) is 0.0170. The molecular formula is C59H76N4O10. The lowest BCUT2D eigenvalue weighted by molar-refractivity contribution is -0.171. The minimum absolute atomic E-state index is 0.0966. The van der Waals surface area contributed by atoms with Gasteiger partial charge in [0.15, 0.2) is 0 Å². The molecule has 7 rings (SSSR count). The molecular weight excluding hydrogens is 925 g/mol. The Morgan fingerprint density at radius 2 is 1.07 bits per heavy atom. The summed E-state index contributed by atoms with van der Waals surface area (Å²) in [7, 11) is 0. The first kappa shape index (κ1) is 59.3. The number of benzene rings is 4. The van der Waals surface area contributed by atoms with Gasteiger partial charge in [-0.05, 0) is 102 Å². The van der Waals surface area contributed by atoms with Crippen molar-refractivity contribution in [3.8, 4) is 22.3 Å². The van der Waals surface area contributed by atoms with Gasteiger partial charge in [0, 0.05) is 48.8 Å². The lowest BCUT2D eigenvalue weighted by atomic mass is 9.91. The third-order valence-electron chi connectivity index (χ3n) is 12.5. The van der Waals surface area contributed by atoms with Crippen molar-refractivity contribution in [2.75, 3.05) is 19.8 Å². The first-order valence-electron chi connectivity index (χ1n) is 25.8. The predicted octanol–water partition coefficient (Wildman–Crippen LogP) is 9.52. The number of aliphatic carboxylic acids is 1. The number of imide groups is 1. The SMILES string of the molecule is CCCCCCCC(=O)Cc1cnc2ccccc2c1-c1cccc(CCC(O)CO)c1.CCCCCCN.O=C(O)Cc1cnc2ccccc2c1-c1cccc(CCC(O)CO)c1.O=C1CCC(=O)N1O. The van der Waals surface area contributed by atoms with Gasteiger partial charge >= 0.3 is 5.97 Å². The Balaban J connectivity index is 0.000000249. The zero-order valence-electron chi connectivity index (χ0n) is 42.6. The third kappa shape index (κ3) is 19.9. The summed E-state index contributed by atoms with van der Waals surface area (Å²) in [4.78, 5) is 53.5. The number of ketones is 1. The maximum Gasteiger partial charge on any atom is 0.307 e. The lowest BCUT2D eigenvalue weighted by Gasteiger charge is -2.14. The monoisotopic (exact) mass is 1000 g/mol. The van der Waals surface area contributed by atoms with E-state index in [4.69, 9.17) is 21.2 Å². The van der Waals surface area contributed by atoms with Gasteiger partial charge in [0.1, 0.15) is 5.78 Å². The van der Waals surface area contributed by atoms with Gasteiger partial charge in [0.25, 0.3) is 11.8 Å². The highest BCUT2D eigenvalue weighted by atomic mass is 16.5. The van der Waals surface area contributed by atoms with Gasteiger partial charge in [-0.2, -0.15) is 5.06 Å². The summed E-state index contributed by atoms with van der Waals surface area (Å²) in [5.74, 6) is -1.64. The second kappa shape index (κ2) is 32.7. The van der Waals surface area contributed by atoms with Crippen molar-refractivity contribution in [3.05, 3.63) is 132 Å². The summed E-state index contributed by atoms with van der Waals surface area (Å²) >= 11 is 0. The van der Waals surface area contributed by atoms with E-state index in [2.05, 4.69) is 42.0 Å². The molecule has 4 aromatic carbocycles. The summed E-state index contributed by atoms with van der Waals surface area (Å²) in [5, 5.41) is 57.1. The number of carbonyl (C=O) groups excluding carboxylic acids is 3. The molecule has 14 heteroatoms. The van der Waals surface area contributed by atoms with E-state index >= 15 is 0 Å². The van der Waals surface area contributed by atoms with Crippen molar-refractivity contribution < 1.29 is 49.9 Å². The number of nitrogens with two attached hydrogens (primary N) is 1. The average Bonchev–Trinajstić information content (AvgIpc) is 3.70. The molecule has 0 radical (unpaired) electrons. The van der Waals surface area contributed by atoms with Gasteiger partial charge in [-0.15, -0.1) is 0 Å². The number of unbranched alkanes of at least 4 members (excludes halogenated alkanes) is 7. The number of hydrogen-bond acceptors (Lipinski definition) is 12. The number of aromatic nitrogens is 2. The van der Waals surface area contributed by atoms with Crippen molar-refractivity contribution in [1.29, 1.82) is 0 Å². The molecule has 1 saturated heterocycles. The first-order valence-corrected chi connectivity index (χ1v) is 25.8. The molecule has 14 nitrogen and oxygen atoms in total. The lowest BCUT2D eigenvalue weighted by Crippen LogP contribution is -2.24. The number of para-hydroxylation sites is 2. The van der Waals surface area contributed by atoms with Crippen molar-refractivity contribution in [1.82, 2.24) is 15.0 Å². The van der Waals surface area contributed by atoms with Gasteiger partial charge in [-0.1, -0.05) is 144 Å². The molecule has 0 bridgehead atoms. The number of carboxylic acids is 1. The molecule has 2 amide bonds. The Labute approximate surface area is 429 Å². The fourth-order valence-electron chi connectivity index (χ4n) is 8.45. The summed E-state index contributed by atoms with van der Waals surface area (Å²) in [6.45, 7) is 4.79. The van der Waals surface area contributed by atoms with Crippen LogP contribution in [0.1, 0.15) is 126 Å². The molecule has 0 spiro atoms. The van der Waals surface area contributed by atoms with E-state index in [1.807, 2.05) is 85.1 Å². The van der Waals surface area contributed by atoms with Crippen LogP contribution >= 0.6 is 0 Å². The average molecular weight is 1000 g/mol. The van der Waals surface area contributed by atoms with E-state index in [1.165, 1.54) is 44.9 Å². The Morgan fingerprint density at radius 3 is 1.49 bits per heavy atom. The number of Topliss-reactive ketones (excluding diaryl/α,β-unsaturated/α-hetero) is 1. The first-order chi connectivity index (χ1) is 35.3. The van der Waals surface area contributed by atoms with Crippen LogP contribution in [0.5, 0.6) is 0 Å². The van der Waals surface area contributed by atoms with Crippen LogP contribution in [0.25, 0.3) is 44.1 Å². The number of hydrogen-bond donors (Lipinski definition) is 7. The van der Waals surface area contributed by atoms with Crippen molar-refractivity contribution in [3.63, 3.8) is 0 Å². The van der Waals surface area contributed by atoms with E-state index in [0.717, 1.165) is 80.1 Å². The van der Waals surface area contributed by atoms with E-state index in [-0.39, 0.29) is 43.3 Å². The van der Waals surface area contributed by atoms with Crippen molar-refractivity contribution in [2.45, 2.75) is 142 Å². The molecule has 1 fully saturated rings. The molecule has 2 aromatic heterocycles. The van der Waals surface area contributed by atoms with E-state index in [9.17, 15) is 34.5 Å². The van der Waals surface area contributed by atoms with E-state index in [1.54, 1.807) is 6.20 Å². The van der Waals surface area contributed by atoms with Gasteiger partial charge in [0.2, 0.25) is 0 Å². The van der Waals surface area contributed by atoms with Crippen LogP contribution in [0.2, 0.25) is 0 Å². The third-order valence-corrected chi connectivity index (χ3v) is 12.5. The van der Waals surface area contributed by atoms with Gasteiger partial charge in [0.05, 0.1) is 42.9 Å². The molecule has 73 heavy (non-hydrogen) atoms. The van der Waals surface area contributed by atoms with Crippen LogP contribution in [-0.2, 0) is 44.9 Å². The fourth-order valence-corrected chi connectivity index (χ4v) is 8.45. The number of aliphatic hydroxyl groups is 4. The van der Waals surface area contributed by atoms with Gasteiger partial charge < -0.3 is 31.3 Å². The van der Waals surface area contributed by atoms with E-state index in [0.29, 0.717) is 44.1 Å². The minimum Gasteiger partial charge on any atom is -0.481 e. The Morgan fingerprint density at radius 1 is 0.616 bits per heavy atom. The maximum absolute atomic E-state index is 12.8. The van der Waals surface area contributed by atoms with Gasteiger partial charge in [-0.25, -0.2) is 0 Å². The number of aliphatic hydroxyl groups excluding tert-OH is 4. The molecule has 2 unspecified atom stereocenters. The number of nitrogens with zero attached hydrogens (tertiary/aromatic N) is 3. The number of amides is 2. The number of aryl methyl sites for hydroxylation is 2.